The Morgan fingerprint density at radius 3 is 2.63 bits per heavy atom. The lowest BCUT2D eigenvalue weighted by Crippen LogP contribution is -2.38. The number of nitrogens with zero attached hydrogens (tertiary/aromatic N) is 1. The minimum absolute atomic E-state index is 0.198. The van der Waals surface area contributed by atoms with Crippen molar-refractivity contribution >= 4 is 5.96 Å². The van der Waals surface area contributed by atoms with Crippen LogP contribution in [-0.4, -0.2) is 13.0 Å². The highest BCUT2D eigenvalue weighted by atomic mass is 16.3. The van der Waals surface area contributed by atoms with Crippen molar-refractivity contribution in [2.45, 2.75) is 19.5 Å². The predicted molar refractivity (Wildman–Crippen MR) is 76.9 cm³/mol. The first-order chi connectivity index (χ1) is 9.29. The van der Waals surface area contributed by atoms with Crippen LogP contribution in [0.25, 0.3) is 0 Å². The zero-order chi connectivity index (χ0) is 13.5. The highest BCUT2D eigenvalue weighted by Gasteiger charge is 2.07. The van der Waals surface area contributed by atoms with Crippen LogP contribution in [0.3, 0.4) is 0 Å². The van der Waals surface area contributed by atoms with E-state index in [1.54, 1.807) is 13.3 Å². The molecule has 0 saturated heterocycles. The van der Waals surface area contributed by atoms with Crippen molar-refractivity contribution in [2.75, 3.05) is 7.05 Å². The first-order valence-corrected chi connectivity index (χ1v) is 6.34. The second-order valence-electron chi connectivity index (χ2n) is 4.28. The van der Waals surface area contributed by atoms with E-state index in [-0.39, 0.29) is 6.04 Å². The molecule has 2 aromatic rings. The smallest absolute Gasteiger partial charge is 0.191 e. The van der Waals surface area contributed by atoms with Crippen LogP contribution in [0.15, 0.2) is 58.1 Å². The normalized spacial score (nSPS) is 13.1. The Hall–Kier alpha value is -2.23. The van der Waals surface area contributed by atoms with Crippen molar-refractivity contribution in [3.05, 3.63) is 60.1 Å². The summed E-state index contributed by atoms with van der Waals surface area (Å²) in [6.45, 7) is 2.73. The lowest BCUT2D eigenvalue weighted by Gasteiger charge is -2.17. The Morgan fingerprint density at radius 1 is 1.21 bits per heavy atom. The topological polar surface area (TPSA) is 49.6 Å². The maximum atomic E-state index is 5.27. The molecule has 2 N–H and O–H groups in total. The molecule has 1 unspecified atom stereocenters. The van der Waals surface area contributed by atoms with Crippen LogP contribution in [0.4, 0.5) is 0 Å². The van der Waals surface area contributed by atoms with Gasteiger partial charge in [-0.3, -0.25) is 4.99 Å². The number of benzene rings is 1. The summed E-state index contributed by atoms with van der Waals surface area (Å²) in [6, 6.07) is 14.3. The molecule has 4 heteroatoms. The summed E-state index contributed by atoms with van der Waals surface area (Å²) in [6.07, 6.45) is 1.67. The maximum absolute atomic E-state index is 5.27. The molecule has 1 heterocycles. The van der Waals surface area contributed by atoms with Gasteiger partial charge in [0.25, 0.3) is 0 Å². The Kier molecular flexibility index (Phi) is 4.61. The summed E-state index contributed by atoms with van der Waals surface area (Å²) < 4.78 is 5.27. The van der Waals surface area contributed by atoms with Gasteiger partial charge < -0.3 is 15.1 Å². The zero-order valence-corrected chi connectivity index (χ0v) is 11.3. The molecule has 100 valence electrons. The fraction of sp³-hybridized carbons (Fsp3) is 0.267. The molecule has 0 bridgehead atoms. The van der Waals surface area contributed by atoms with Gasteiger partial charge >= 0.3 is 0 Å². The van der Waals surface area contributed by atoms with Crippen LogP contribution < -0.4 is 10.6 Å². The van der Waals surface area contributed by atoms with Gasteiger partial charge in [-0.25, -0.2) is 0 Å². The molecule has 0 radical (unpaired) electrons. The van der Waals surface area contributed by atoms with Crippen molar-refractivity contribution in [1.29, 1.82) is 0 Å². The van der Waals surface area contributed by atoms with Crippen LogP contribution in [0.1, 0.15) is 24.3 Å². The standard InChI is InChI=1S/C15H19N3O/c1-12(13-7-4-3-5-8-13)18-15(16-2)17-11-14-9-6-10-19-14/h3-10,12H,11H2,1-2H3,(H2,16,17,18). The van der Waals surface area contributed by atoms with E-state index >= 15 is 0 Å². The van der Waals surface area contributed by atoms with Gasteiger partial charge in [-0.15, -0.1) is 0 Å². The summed E-state index contributed by atoms with van der Waals surface area (Å²) in [5.74, 6) is 1.64. The van der Waals surface area contributed by atoms with E-state index in [2.05, 4.69) is 34.7 Å². The maximum Gasteiger partial charge on any atom is 0.191 e. The minimum atomic E-state index is 0.198. The number of aliphatic imine (C=N–C) groups is 1. The average Bonchev–Trinajstić information content (AvgIpc) is 2.97. The Bertz CT molecular complexity index is 505. The van der Waals surface area contributed by atoms with E-state index in [0.717, 1.165) is 11.7 Å². The van der Waals surface area contributed by atoms with Crippen LogP contribution in [0.5, 0.6) is 0 Å². The molecule has 0 spiro atoms. The molecular weight excluding hydrogens is 238 g/mol. The van der Waals surface area contributed by atoms with Gasteiger partial charge in [-0.1, -0.05) is 30.3 Å². The van der Waals surface area contributed by atoms with Crippen molar-refractivity contribution in [2.24, 2.45) is 4.99 Å². The summed E-state index contributed by atoms with van der Waals surface area (Å²) in [5.41, 5.74) is 1.23. The number of furan rings is 1. The molecule has 0 fully saturated rings. The van der Waals surface area contributed by atoms with Crippen LogP contribution in [0, 0.1) is 0 Å². The van der Waals surface area contributed by atoms with Crippen LogP contribution >= 0.6 is 0 Å². The third-order valence-electron chi connectivity index (χ3n) is 2.89. The lowest BCUT2D eigenvalue weighted by molar-refractivity contribution is 0.500. The highest BCUT2D eigenvalue weighted by Crippen LogP contribution is 2.10. The van der Waals surface area contributed by atoms with E-state index in [4.69, 9.17) is 4.42 Å². The molecule has 4 nitrogen and oxygen atoms in total. The van der Waals surface area contributed by atoms with Crippen molar-refractivity contribution in [3.8, 4) is 0 Å². The monoisotopic (exact) mass is 257 g/mol. The molecule has 0 aliphatic heterocycles. The number of guanidine groups is 1. The van der Waals surface area contributed by atoms with E-state index in [9.17, 15) is 0 Å². The third kappa shape index (κ3) is 3.88. The summed E-state index contributed by atoms with van der Waals surface area (Å²) in [5, 5.41) is 6.56. The molecule has 1 atom stereocenters. The van der Waals surface area contributed by atoms with Gasteiger partial charge in [0.15, 0.2) is 5.96 Å². The fourth-order valence-corrected chi connectivity index (χ4v) is 1.81. The van der Waals surface area contributed by atoms with Crippen LogP contribution in [0.2, 0.25) is 0 Å². The third-order valence-corrected chi connectivity index (χ3v) is 2.89. The second kappa shape index (κ2) is 6.64. The van der Waals surface area contributed by atoms with Crippen LogP contribution in [-0.2, 0) is 6.54 Å². The Morgan fingerprint density at radius 2 is 2.00 bits per heavy atom. The molecule has 0 amide bonds. The van der Waals surface area contributed by atoms with Gasteiger partial charge in [0, 0.05) is 7.05 Å². The number of hydrogen-bond acceptors (Lipinski definition) is 2. The molecule has 0 aliphatic carbocycles. The lowest BCUT2D eigenvalue weighted by atomic mass is 10.1. The number of hydrogen-bond donors (Lipinski definition) is 2. The SMILES string of the molecule is CN=C(NCc1ccco1)NC(C)c1ccccc1. The second-order valence-corrected chi connectivity index (χ2v) is 4.28. The van der Waals surface area contributed by atoms with Crippen molar-refractivity contribution in [1.82, 2.24) is 10.6 Å². The van der Waals surface area contributed by atoms with E-state index < -0.39 is 0 Å². The molecule has 0 aliphatic rings. The van der Waals surface area contributed by atoms with E-state index in [0.29, 0.717) is 6.54 Å². The highest BCUT2D eigenvalue weighted by molar-refractivity contribution is 5.80. The largest absolute Gasteiger partial charge is 0.467 e. The van der Waals surface area contributed by atoms with Gasteiger partial charge in [-0.2, -0.15) is 0 Å². The first-order valence-electron chi connectivity index (χ1n) is 6.34. The fourth-order valence-electron chi connectivity index (χ4n) is 1.81. The number of rotatable bonds is 4. The molecule has 2 rings (SSSR count). The summed E-state index contributed by atoms with van der Waals surface area (Å²) in [4.78, 5) is 4.21. The zero-order valence-electron chi connectivity index (χ0n) is 11.3. The molecular formula is C15H19N3O. The summed E-state index contributed by atoms with van der Waals surface area (Å²) >= 11 is 0. The Balaban J connectivity index is 1.89. The number of nitrogens with one attached hydrogen (secondary N) is 2. The molecule has 1 aromatic heterocycles. The molecule has 0 saturated carbocycles. The first kappa shape index (κ1) is 13.2. The predicted octanol–water partition coefficient (Wildman–Crippen LogP) is 2.71. The van der Waals surface area contributed by atoms with Gasteiger partial charge in [0.1, 0.15) is 5.76 Å². The molecule has 1 aromatic carbocycles. The quantitative estimate of drug-likeness (QED) is 0.654. The minimum Gasteiger partial charge on any atom is -0.467 e. The van der Waals surface area contributed by atoms with Crippen molar-refractivity contribution < 1.29 is 4.42 Å². The van der Waals surface area contributed by atoms with Gasteiger partial charge in [-0.05, 0) is 24.6 Å². The van der Waals surface area contributed by atoms with Gasteiger partial charge in [0.2, 0.25) is 0 Å². The molecule has 19 heavy (non-hydrogen) atoms. The Labute approximate surface area is 113 Å². The van der Waals surface area contributed by atoms with E-state index in [1.165, 1.54) is 5.56 Å². The van der Waals surface area contributed by atoms with Gasteiger partial charge in [0.05, 0.1) is 18.8 Å². The van der Waals surface area contributed by atoms with E-state index in [1.807, 2.05) is 30.3 Å². The summed E-state index contributed by atoms with van der Waals surface area (Å²) in [7, 11) is 1.76. The van der Waals surface area contributed by atoms with Crippen molar-refractivity contribution in [3.63, 3.8) is 0 Å². The average molecular weight is 257 g/mol.